The lowest BCUT2D eigenvalue weighted by Crippen LogP contribution is -2.21. The average Bonchev–Trinajstić information content (AvgIpc) is 2.66. The van der Waals surface area contributed by atoms with Crippen molar-refractivity contribution in [3.05, 3.63) is 77.4 Å². The fourth-order valence-electron chi connectivity index (χ4n) is 3.35. The maximum atomic E-state index is 12.2. The van der Waals surface area contributed by atoms with Crippen LogP contribution in [0.5, 0.6) is 5.75 Å². The molecule has 4 nitrogen and oxygen atoms in total. The number of fused-ring (bicyclic) bond motifs is 3. The molecule has 4 heteroatoms. The molecule has 1 aliphatic heterocycles. The molecule has 0 saturated heterocycles. The molecule has 25 heavy (non-hydrogen) atoms. The van der Waals surface area contributed by atoms with E-state index >= 15 is 0 Å². The maximum Gasteiger partial charge on any atom is 0.337 e. The van der Waals surface area contributed by atoms with Gasteiger partial charge in [0.05, 0.1) is 19.1 Å². The Hall–Kier alpha value is -3.14. The maximum absolute atomic E-state index is 12.2. The van der Waals surface area contributed by atoms with Crippen molar-refractivity contribution in [2.45, 2.75) is 12.3 Å². The third-order valence-corrected chi connectivity index (χ3v) is 4.61. The van der Waals surface area contributed by atoms with E-state index in [9.17, 15) is 9.59 Å². The van der Waals surface area contributed by atoms with E-state index in [0.717, 1.165) is 21.9 Å². The van der Waals surface area contributed by atoms with Crippen LogP contribution in [0.15, 0.2) is 60.7 Å². The second kappa shape index (κ2) is 6.06. The van der Waals surface area contributed by atoms with Crippen LogP contribution < -0.4 is 4.74 Å². The molecular weight excluding hydrogens is 316 g/mol. The van der Waals surface area contributed by atoms with Crippen LogP contribution in [0.3, 0.4) is 0 Å². The van der Waals surface area contributed by atoms with Gasteiger partial charge in [0, 0.05) is 16.9 Å². The van der Waals surface area contributed by atoms with Crippen molar-refractivity contribution in [3.8, 4) is 5.75 Å². The highest BCUT2D eigenvalue weighted by Crippen LogP contribution is 2.42. The van der Waals surface area contributed by atoms with E-state index in [-0.39, 0.29) is 24.3 Å². The lowest BCUT2D eigenvalue weighted by Gasteiger charge is -2.26. The number of esters is 2. The zero-order valence-corrected chi connectivity index (χ0v) is 13.7. The van der Waals surface area contributed by atoms with Crippen LogP contribution >= 0.6 is 0 Å². The highest BCUT2D eigenvalue weighted by Gasteiger charge is 2.29. The summed E-state index contributed by atoms with van der Waals surface area (Å²) < 4.78 is 10.3. The third kappa shape index (κ3) is 2.66. The van der Waals surface area contributed by atoms with Gasteiger partial charge in [-0.3, -0.25) is 4.79 Å². The molecule has 0 N–H and O–H groups in total. The molecule has 1 heterocycles. The molecule has 4 rings (SSSR count). The van der Waals surface area contributed by atoms with E-state index in [2.05, 4.69) is 0 Å². The highest BCUT2D eigenvalue weighted by molar-refractivity contribution is 5.94. The minimum absolute atomic E-state index is 0.0902. The second-order valence-electron chi connectivity index (χ2n) is 6.05. The van der Waals surface area contributed by atoms with E-state index in [1.807, 2.05) is 48.5 Å². The second-order valence-corrected chi connectivity index (χ2v) is 6.05. The Balaban J connectivity index is 1.81. The number of ether oxygens (including phenoxy) is 2. The summed E-state index contributed by atoms with van der Waals surface area (Å²) in [5, 5.41) is 1.97. The molecule has 3 aromatic carbocycles. The van der Waals surface area contributed by atoms with E-state index < -0.39 is 0 Å². The molecule has 3 aromatic rings. The Labute approximate surface area is 145 Å². The molecule has 0 aromatic heterocycles. The van der Waals surface area contributed by atoms with Crippen LogP contribution in [0, 0.1) is 0 Å². The van der Waals surface area contributed by atoms with Crippen molar-refractivity contribution in [1.82, 2.24) is 0 Å². The topological polar surface area (TPSA) is 52.6 Å². The summed E-state index contributed by atoms with van der Waals surface area (Å²) >= 11 is 0. The average molecular weight is 332 g/mol. The van der Waals surface area contributed by atoms with E-state index in [1.54, 1.807) is 12.1 Å². The fraction of sp³-hybridized carbons (Fsp3) is 0.143. The minimum Gasteiger partial charge on any atom is -0.465 e. The number of methoxy groups -OCH3 is 1. The zero-order valence-electron chi connectivity index (χ0n) is 13.7. The molecule has 1 unspecified atom stereocenters. The summed E-state index contributed by atoms with van der Waals surface area (Å²) in [5.41, 5.74) is 2.45. The predicted molar refractivity (Wildman–Crippen MR) is 93.8 cm³/mol. The van der Waals surface area contributed by atoms with Crippen LogP contribution in [-0.2, 0) is 9.53 Å². The van der Waals surface area contributed by atoms with Gasteiger partial charge in [0.25, 0.3) is 0 Å². The van der Waals surface area contributed by atoms with Gasteiger partial charge >= 0.3 is 11.9 Å². The summed E-state index contributed by atoms with van der Waals surface area (Å²) in [4.78, 5) is 23.8. The molecule has 0 fully saturated rings. The smallest absolute Gasteiger partial charge is 0.337 e. The quantitative estimate of drug-likeness (QED) is 0.524. The summed E-state index contributed by atoms with van der Waals surface area (Å²) in [7, 11) is 1.36. The lowest BCUT2D eigenvalue weighted by molar-refractivity contribution is -0.135. The molecular formula is C21H16O4. The fourth-order valence-corrected chi connectivity index (χ4v) is 3.35. The molecule has 0 radical (unpaired) electrons. The number of carbonyl (C=O) groups excluding carboxylic acids is 2. The summed E-state index contributed by atoms with van der Waals surface area (Å²) in [6.45, 7) is 0. The van der Waals surface area contributed by atoms with Gasteiger partial charge in [-0.25, -0.2) is 4.79 Å². The molecule has 0 amide bonds. The highest BCUT2D eigenvalue weighted by atomic mass is 16.5. The Morgan fingerprint density at radius 1 is 1.04 bits per heavy atom. The first-order valence-corrected chi connectivity index (χ1v) is 8.08. The van der Waals surface area contributed by atoms with Crippen molar-refractivity contribution in [2.24, 2.45) is 0 Å². The van der Waals surface area contributed by atoms with Gasteiger partial charge in [-0.2, -0.15) is 0 Å². The van der Waals surface area contributed by atoms with Gasteiger partial charge in [-0.05, 0) is 23.1 Å². The molecule has 0 saturated carbocycles. The van der Waals surface area contributed by atoms with Crippen molar-refractivity contribution in [1.29, 1.82) is 0 Å². The monoisotopic (exact) mass is 332 g/mol. The van der Waals surface area contributed by atoms with Crippen LogP contribution in [0.1, 0.15) is 33.8 Å². The van der Waals surface area contributed by atoms with Crippen molar-refractivity contribution < 1.29 is 19.1 Å². The Morgan fingerprint density at radius 3 is 2.56 bits per heavy atom. The summed E-state index contributed by atoms with van der Waals surface area (Å²) in [6, 6.07) is 19.1. The molecule has 1 aliphatic rings. The molecule has 0 aliphatic carbocycles. The van der Waals surface area contributed by atoms with Crippen LogP contribution in [0.4, 0.5) is 0 Å². The first-order valence-electron chi connectivity index (χ1n) is 8.08. The summed E-state index contributed by atoms with van der Waals surface area (Å²) in [5.74, 6) is -0.0733. The first-order chi connectivity index (χ1) is 12.2. The van der Waals surface area contributed by atoms with Crippen LogP contribution in [-0.4, -0.2) is 19.0 Å². The number of hydrogen-bond acceptors (Lipinski definition) is 4. The normalized spacial score (nSPS) is 16.2. The Morgan fingerprint density at radius 2 is 1.80 bits per heavy atom. The minimum atomic E-state index is -0.374. The van der Waals surface area contributed by atoms with E-state index in [1.165, 1.54) is 7.11 Å². The standard InChI is InChI=1S/C21H16O4/c1-24-21(23)15-8-6-14(7-9-15)18-12-19(22)25-20-16-5-3-2-4-13(16)10-11-17(18)20/h2-11,18H,12H2,1H3. The number of hydrogen-bond donors (Lipinski definition) is 0. The van der Waals surface area contributed by atoms with Gasteiger partial charge in [-0.15, -0.1) is 0 Å². The molecule has 1 atom stereocenters. The van der Waals surface area contributed by atoms with Gasteiger partial charge in [0.2, 0.25) is 0 Å². The lowest BCUT2D eigenvalue weighted by atomic mass is 9.85. The Kier molecular flexibility index (Phi) is 3.73. The summed E-state index contributed by atoms with van der Waals surface area (Å²) in [6.07, 6.45) is 0.281. The number of rotatable bonds is 2. The van der Waals surface area contributed by atoms with Crippen molar-refractivity contribution in [2.75, 3.05) is 7.11 Å². The van der Waals surface area contributed by atoms with Crippen molar-refractivity contribution in [3.63, 3.8) is 0 Å². The number of carbonyl (C=O) groups is 2. The number of benzene rings is 3. The zero-order chi connectivity index (χ0) is 17.4. The van der Waals surface area contributed by atoms with Gasteiger partial charge in [-0.1, -0.05) is 48.5 Å². The molecule has 124 valence electrons. The van der Waals surface area contributed by atoms with Gasteiger partial charge in [0.1, 0.15) is 5.75 Å². The van der Waals surface area contributed by atoms with Gasteiger partial charge in [0.15, 0.2) is 0 Å². The van der Waals surface area contributed by atoms with Crippen LogP contribution in [0.2, 0.25) is 0 Å². The van der Waals surface area contributed by atoms with E-state index in [0.29, 0.717) is 11.3 Å². The van der Waals surface area contributed by atoms with Crippen molar-refractivity contribution >= 4 is 22.7 Å². The third-order valence-electron chi connectivity index (χ3n) is 4.61. The van der Waals surface area contributed by atoms with Gasteiger partial charge < -0.3 is 9.47 Å². The predicted octanol–water partition coefficient (Wildman–Crippen LogP) is 4.07. The molecule has 0 bridgehead atoms. The largest absolute Gasteiger partial charge is 0.465 e. The SMILES string of the molecule is COC(=O)c1ccc(C2CC(=O)Oc3c2ccc2ccccc32)cc1. The first kappa shape index (κ1) is 15.4. The Bertz CT molecular complexity index is 973. The molecule has 0 spiro atoms. The van der Waals surface area contributed by atoms with Crippen LogP contribution in [0.25, 0.3) is 10.8 Å². The van der Waals surface area contributed by atoms with E-state index in [4.69, 9.17) is 9.47 Å².